The van der Waals surface area contributed by atoms with Gasteiger partial charge in [-0.1, -0.05) is 24.9 Å². The molecule has 0 radical (unpaired) electrons. The van der Waals surface area contributed by atoms with Crippen LogP contribution in [0.2, 0.25) is 5.02 Å². The second-order valence-corrected chi connectivity index (χ2v) is 5.12. The molecule has 0 aliphatic heterocycles. The van der Waals surface area contributed by atoms with E-state index in [1.54, 1.807) is 7.11 Å². The number of hydrogen-bond donors (Lipinski definition) is 1. The zero-order valence-corrected chi connectivity index (χ0v) is 10.6. The number of halogens is 1. The van der Waals surface area contributed by atoms with Gasteiger partial charge in [0.2, 0.25) is 0 Å². The van der Waals surface area contributed by atoms with E-state index in [9.17, 15) is 0 Å². The minimum Gasteiger partial charge on any atom is -0.496 e. The zero-order valence-electron chi connectivity index (χ0n) is 9.79. The van der Waals surface area contributed by atoms with E-state index in [0.29, 0.717) is 0 Å². The van der Waals surface area contributed by atoms with Gasteiger partial charge in [0.1, 0.15) is 5.75 Å². The molecule has 0 bridgehead atoms. The van der Waals surface area contributed by atoms with Crippen LogP contribution in [-0.2, 0) is 5.54 Å². The summed E-state index contributed by atoms with van der Waals surface area (Å²) in [6.45, 7) is 2.21. The molecule has 1 aliphatic carbocycles. The molecule has 3 heteroatoms. The van der Waals surface area contributed by atoms with Gasteiger partial charge in [-0.05, 0) is 37.0 Å². The summed E-state index contributed by atoms with van der Waals surface area (Å²) in [6, 6.07) is 5.67. The van der Waals surface area contributed by atoms with Crippen molar-refractivity contribution in [3.05, 3.63) is 28.8 Å². The molecule has 0 aromatic heterocycles. The van der Waals surface area contributed by atoms with Gasteiger partial charge in [0.05, 0.1) is 7.11 Å². The van der Waals surface area contributed by atoms with E-state index in [2.05, 4.69) is 6.92 Å². The molecule has 1 aromatic rings. The van der Waals surface area contributed by atoms with Gasteiger partial charge in [0, 0.05) is 16.1 Å². The van der Waals surface area contributed by atoms with Crippen molar-refractivity contribution in [3.63, 3.8) is 0 Å². The highest BCUT2D eigenvalue weighted by molar-refractivity contribution is 6.30. The van der Waals surface area contributed by atoms with Crippen LogP contribution in [-0.4, -0.2) is 7.11 Å². The van der Waals surface area contributed by atoms with Gasteiger partial charge in [-0.2, -0.15) is 0 Å². The van der Waals surface area contributed by atoms with E-state index >= 15 is 0 Å². The first-order valence-corrected chi connectivity index (χ1v) is 6.09. The molecule has 0 spiro atoms. The van der Waals surface area contributed by atoms with Gasteiger partial charge in [-0.25, -0.2) is 0 Å². The normalized spacial score (nSPS) is 28.6. The first-order chi connectivity index (χ1) is 7.59. The minimum absolute atomic E-state index is 0.239. The second-order valence-electron chi connectivity index (χ2n) is 4.68. The Labute approximate surface area is 102 Å². The van der Waals surface area contributed by atoms with Gasteiger partial charge >= 0.3 is 0 Å². The van der Waals surface area contributed by atoms with Crippen molar-refractivity contribution in [2.45, 2.75) is 31.7 Å². The SMILES string of the molecule is CCC1CC(N)(c2cc(Cl)ccc2OC)C1. The van der Waals surface area contributed by atoms with E-state index < -0.39 is 0 Å². The Bertz CT molecular complexity index is 386. The highest BCUT2D eigenvalue weighted by atomic mass is 35.5. The van der Waals surface area contributed by atoms with Gasteiger partial charge in [0.25, 0.3) is 0 Å². The number of rotatable bonds is 3. The smallest absolute Gasteiger partial charge is 0.124 e. The molecular formula is C13H18ClNO. The first kappa shape index (κ1) is 11.7. The maximum Gasteiger partial charge on any atom is 0.124 e. The molecule has 2 nitrogen and oxygen atoms in total. The predicted octanol–water partition coefficient (Wildman–Crippen LogP) is 3.32. The molecule has 0 atom stereocenters. The summed E-state index contributed by atoms with van der Waals surface area (Å²) in [5.41, 5.74) is 7.21. The van der Waals surface area contributed by atoms with Gasteiger partial charge in [0.15, 0.2) is 0 Å². The number of ether oxygens (including phenoxy) is 1. The fraction of sp³-hybridized carbons (Fsp3) is 0.538. The van der Waals surface area contributed by atoms with Crippen LogP contribution in [0.25, 0.3) is 0 Å². The average molecular weight is 240 g/mol. The molecule has 0 unspecified atom stereocenters. The molecular weight excluding hydrogens is 222 g/mol. The summed E-state index contributed by atoms with van der Waals surface area (Å²) in [5.74, 6) is 1.59. The number of nitrogens with two attached hydrogens (primary N) is 1. The van der Waals surface area contributed by atoms with Gasteiger partial charge in [-0.3, -0.25) is 0 Å². The molecule has 1 aromatic carbocycles. The van der Waals surface area contributed by atoms with Crippen LogP contribution in [0.5, 0.6) is 5.75 Å². The number of benzene rings is 1. The third kappa shape index (κ3) is 1.92. The van der Waals surface area contributed by atoms with Crippen LogP contribution in [0.3, 0.4) is 0 Å². The summed E-state index contributed by atoms with van der Waals surface area (Å²) in [7, 11) is 1.67. The molecule has 88 valence electrons. The third-order valence-electron chi connectivity index (χ3n) is 3.58. The van der Waals surface area contributed by atoms with Gasteiger partial charge in [-0.15, -0.1) is 0 Å². The number of methoxy groups -OCH3 is 1. The topological polar surface area (TPSA) is 35.2 Å². The summed E-state index contributed by atoms with van der Waals surface area (Å²) in [5, 5.41) is 0.723. The quantitative estimate of drug-likeness (QED) is 0.878. The lowest BCUT2D eigenvalue weighted by atomic mass is 9.64. The average Bonchev–Trinajstić information content (AvgIpc) is 2.24. The molecule has 2 rings (SSSR count). The summed E-state index contributed by atoms with van der Waals surface area (Å²) in [4.78, 5) is 0. The van der Waals surface area contributed by atoms with Crippen LogP contribution in [0, 0.1) is 5.92 Å². The molecule has 1 fully saturated rings. The molecule has 1 saturated carbocycles. The molecule has 1 aliphatic rings. The second kappa shape index (κ2) is 4.27. The van der Waals surface area contributed by atoms with Crippen LogP contribution in [0.15, 0.2) is 18.2 Å². The molecule has 2 N–H and O–H groups in total. The fourth-order valence-electron chi connectivity index (χ4n) is 2.55. The largest absolute Gasteiger partial charge is 0.496 e. The van der Waals surface area contributed by atoms with Crippen molar-refractivity contribution < 1.29 is 4.74 Å². The van der Waals surface area contributed by atoms with E-state index in [1.165, 1.54) is 6.42 Å². The Morgan fingerprint density at radius 3 is 2.75 bits per heavy atom. The van der Waals surface area contributed by atoms with Crippen LogP contribution < -0.4 is 10.5 Å². The maximum atomic E-state index is 6.40. The van der Waals surface area contributed by atoms with Crippen molar-refractivity contribution in [1.29, 1.82) is 0 Å². The van der Waals surface area contributed by atoms with Crippen molar-refractivity contribution in [2.24, 2.45) is 11.7 Å². The maximum absolute atomic E-state index is 6.40. The van der Waals surface area contributed by atoms with E-state index in [0.717, 1.165) is 35.1 Å². The van der Waals surface area contributed by atoms with Crippen LogP contribution in [0.4, 0.5) is 0 Å². The molecule has 0 heterocycles. The Balaban J connectivity index is 2.29. The third-order valence-corrected chi connectivity index (χ3v) is 3.82. The fourth-order valence-corrected chi connectivity index (χ4v) is 2.72. The summed E-state index contributed by atoms with van der Waals surface area (Å²) in [6.07, 6.45) is 3.25. The molecule has 0 saturated heterocycles. The lowest BCUT2D eigenvalue weighted by molar-refractivity contribution is 0.140. The van der Waals surface area contributed by atoms with Crippen LogP contribution in [0.1, 0.15) is 31.7 Å². The highest BCUT2D eigenvalue weighted by Gasteiger charge is 2.42. The van der Waals surface area contributed by atoms with E-state index in [1.807, 2.05) is 18.2 Å². The van der Waals surface area contributed by atoms with Crippen molar-refractivity contribution in [1.82, 2.24) is 0 Å². The summed E-state index contributed by atoms with van der Waals surface area (Å²) >= 11 is 6.02. The first-order valence-electron chi connectivity index (χ1n) is 5.72. The molecule has 16 heavy (non-hydrogen) atoms. The van der Waals surface area contributed by atoms with E-state index in [-0.39, 0.29) is 5.54 Å². The van der Waals surface area contributed by atoms with Crippen molar-refractivity contribution in [3.8, 4) is 5.75 Å². The standard InChI is InChI=1S/C13H18ClNO/c1-3-9-7-13(15,8-9)11-6-10(14)4-5-12(11)16-2/h4-6,9H,3,7-8,15H2,1-2H3. The Morgan fingerprint density at radius 2 is 2.19 bits per heavy atom. The van der Waals surface area contributed by atoms with Gasteiger partial charge < -0.3 is 10.5 Å². The Kier molecular flexibility index (Phi) is 3.13. The van der Waals surface area contributed by atoms with Crippen LogP contribution >= 0.6 is 11.6 Å². The lowest BCUT2D eigenvalue weighted by Crippen LogP contribution is -2.48. The zero-order chi connectivity index (χ0) is 11.8. The number of hydrogen-bond acceptors (Lipinski definition) is 2. The minimum atomic E-state index is -0.239. The summed E-state index contributed by atoms with van der Waals surface area (Å²) < 4.78 is 5.35. The Morgan fingerprint density at radius 1 is 1.50 bits per heavy atom. The van der Waals surface area contributed by atoms with Crippen molar-refractivity contribution >= 4 is 11.6 Å². The molecule has 0 amide bonds. The lowest BCUT2D eigenvalue weighted by Gasteiger charge is -2.45. The van der Waals surface area contributed by atoms with Crippen molar-refractivity contribution in [2.75, 3.05) is 7.11 Å². The monoisotopic (exact) mass is 239 g/mol. The predicted molar refractivity (Wildman–Crippen MR) is 66.9 cm³/mol. The Hall–Kier alpha value is -0.730. The van der Waals surface area contributed by atoms with E-state index in [4.69, 9.17) is 22.1 Å². The highest BCUT2D eigenvalue weighted by Crippen LogP contribution is 2.48.